The van der Waals surface area contributed by atoms with Crippen LogP contribution >= 0.6 is 0 Å². The van der Waals surface area contributed by atoms with Crippen molar-refractivity contribution < 1.29 is 23.5 Å². The highest BCUT2D eigenvalue weighted by Gasteiger charge is 2.22. The smallest absolute Gasteiger partial charge is 0.407 e. The number of esters is 1. The molecule has 0 aliphatic heterocycles. The molecule has 0 aliphatic rings. The van der Waals surface area contributed by atoms with Crippen molar-refractivity contribution in [3.8, 4) is 0 Å². The summed E-state index contributed by atoms with van der Waals surface area (Å²) in [6.45, 7) is 9.42. The summed E-state index contributed by atoms with van der Waals surface area (Å²) in [5.41, 5.74) is 1.32. The largest absolute Gasteiger partial charge is 0.462 e. The normalized spacial score (nSPS) is 12.7. The molecule has 0 saturated carbocycles. The highest BCUT2D eigenvalue weighted by atomic mass is 16.6. The molecule has 1 aromatic carbocycles. The van der Waals surface area contributed by atoms with E-state index in [1.165, 1.54) is 95.5 Å². The first-order valence-corrected chi connectivity index (χ1v) is 15.8. The number of unbranched alkanes of at least 4 members (excludes halogenated alkanes) is 13. The van der Waals surface area contributed by atoms with Gasteiger partial charge in [-0.2, -0.15) is 0 Å². The van der Waals surface area contributed by atoms with Crippen LogP contribution in [-0.4, -0.2) is 56.4 Å². The quantitative estimate of drug-likeness (QED) is 0.0808. The van der Waals surface area contributed by atoms with Gasteiger partial charge in [-0.3, -0.25) is 4.79 Å². The topological polar surface area (TPSA) is 64.6 Å². The molecule has 0 spiro atoms. The van der Waals surface area contributed by atoms with Crippen LogP contribution in [0.2, 0.25) is 0 Å². The predicted octanol–water partition coefficient (Wildman–Crippen LogP) is 8.04. The molecule has 39 heavy (non-hydrogen) atoms. The van der Waals surface area contributed by atoms with Crippen LogP contribution in [0.15, 0.2) is 30.3 Å². The monoisotopic (exact) mass is 547 g/mol. The minimum absolute atomic E-state index is 0.0689. The Hall–Kier alpha value is -2.08. The summed E-state index contributed by atoms with van der Waals surface area (Å²) in [5, 5.41) is 2.87. The van der Waals surface area contributed by atoms with E-state index in [4.69, 9.17) is 9.47 Å². The number of ether oxygens (including phenoxy) is 2. The van der Waals surface area contributed by atoms with Crippen LogP contribution in [0, 0.1) is 5.92 Å². The molecular formula is C33H59N2O4+. The second-order valence-electron chi connectivity index (χ2n) is 11.7. The fourth-order valence-corrected chi connectivity index (χ4v) is 4.90. The molecule has 0 saturated heterocycles. The number of likely N-dealkylation sites (N-methyl/N-ethyl adjacent to an activating group) is 1. The number of benzene rings is 1. The molecule has 6 heteroatoms. The first kappa shape index (κ1) is 34.9. The highest BCUT2D eigenvalue weighted by Crippen LogP contribution is 2.16. The molecule has 0 radical (unpaired) electrons. The Kier molecular flexibility index (Phi) is 20.3. The van der Waals surface area contributed by atoms with Crippen molar-refractivity contribution in [1.82, 2.24) is 5.32 Å². The Balaban J connectivity index is 2.24. The van der Waals surface area contributed by atoms with Gasteiger partial charge in [-0.05, 0) is 12.8 Å². The Bertz CT molecular complexity index is 740. The van der Waals surface area contributed by atoms with Gasteiger partial charge >= 0.3 is 12.1 Å². The van der Waals surface area contributed by atoms with Crippen molar-refractivity contribution in [3.63, 3.8) is 0 Å². The van der Waals surface area contributed by atoms with Gasteiger partial charge in [0.1, 0.15) is 19.8 Å². The van der Waals surface area contributed by atoms with E-state index in [2.05, 4.69) is 49.6 Å². The summed E-state index contributed by atoms with van der Waals surface area (Å²) in [6.07, 6.45) is 18.7. The van der Waals surface area contributed by atoms with Crippen LogP contribution in [0.4, 0.5) is 4.79 Å². The standard InChI is InChI=1S/C33H58N2O4/c1-5-6-7-8-9-10-11-12-13-14-15-16-17-21-25-35(4,29-31-22-19-18-20-23-31)26-24-34-33(37)39-28-27-38-32(36)30(2)3/h18-20,22-23,30H,5-17,21,24-29H2,1-4H3/p+1. The Morgan fingerprint density at radius 1 is 0.744 bits per heavy atom. The van der Waals surface area contributed by atoms with Crippen molar-refractivity contribution in [2.45, 2.75) is 117 Å². The number of carbonyl (C=O) groups is 2. The van der Waals surface area contributed by atoms with Gasteiger partial charge in [0.2, 0.25) is 0 Å². The van der Waals surface area contributed by atoms with Gasteiger partial charge < -0.3 is 19.3 Å². The number of hydrogen-bond donors (Lipinski definition) is 1. The maximum atomic E-state index is 12.1. The maximum absolute atomic E-state index is 12.1. The average Bonchev–Trinajstić information content (AvgIpc) is 2.91. The molecule has 1 unspecified atom stereocenters. The Morgan fingerprint density at radius 2 is 1.26 bits per heavy atom. The molecule has 224 valence electrons. The third-order valence-corrected chi connectivity index (χ3v) is 7.41. The summed E-state index contributed by atoms with van der Waals surface area (Å²) in [4.78, 5) is 23.6. The second-order valence-corrected chi connectivity index (χ2v) is 11.7. The maximum Gasteiger partial charge on any atom is 0.407 e. The number of nitrogens with one attached hydrogen (secondary N) is 1. The third-order valence-electron chi connectivity index (χ3n) is 7.41. The first-order valence-electron chi connectivity index (χ1n) is 15.8. The van der Waals surface area contributed by atoms with Crippen LogP contribution in [0.1, 0.15) is 116 Å². The van der Waals surface area contributed by atoms with Crippen LogP contribution < -0.4 is 5.32 Å². The molecule has 0 heterocycles. The number of amides is 1. The molecule has 1 amide bonds. The van der Waals surface area contributed by atoms with E-state index >= 15 is 0 Å². The van der Waals surface area contributed by atoms with Gasteiger partial charge in [0.05, 0.1) is 32.6 Å². The lowest BCUT2D eigenvalue weighted by molar-refractivity contribution is -0.921. The molecule has 1 atom stereocenters. The van der Waals surface area contributed by atoms with Crippen molar-refractivity contribution in [2.24, 2.45) is 5.92 Å². The highest BCUT2D eigenvalue weighted by molar-refractivity contribution is 5.71. The zero-order valence-electron chi connectivity index (χ0n) is 25.7. The Labute approximate surface area is 239 Å². The summed E-state index contributed by atoms with van der Waals surface area (Å²) in [6, 6.07) is 10.6. The van der Waals surface area contributed by atoms with E-state index < -0.39 is 6.09 Å². The van der Waals surface area contributed by atoms with Crippen LogP contribution in [0.25, 0.3) is 0 Å². The summed E-state index contributed by atoms with van der Waals surface area (Å²) in [7, 11) is 2.29. The predicted molar refractivity (Wildman–Crippen MR) is 162 cm³/mol. The molecule has 0 fully saturated rings. The fourth-order valence-electron chi connectivity index (χ4n) is 4.90. The minimum Gasteiger partial charge on any atom is -0.462 e. The molecule has 1 rings (SSSR count). The molecule has 0 aliphatic carbocycles. The van der Waals surface area contributed by atoms with Crippen molar-refractivity contribution >= 4 is 12.1 Å². The van der Waals surface area contributed by atoms with Gasteiger partial charge in [-0.25, -0.2) is 4.79 Å². The third kappa shape index (κ3) is 19.6. The van der Waals surface area contributed by atoms with Crippen molar-refractivity contribution in [1.29, 1.82) is 0 Å². The summed E-state index contributed by atoms with van der Waals surface area (Å²) >= 11 is 0. The molecular weight excluding hydrogens is 488 g/mol. The Morgan fingerprint density at radius 3 is 1.79 bits per heavy atom. The van der Waals surface area contributed by atoms with E-state index in [1.54, 1.807) is 13.8 Å². The SMILES string of the molecule is CCCCCCCCCCCCCCCC[N+](C)(CCNC(=O)OCCOC(=O)C(C)C)Cc1ccccc1. The van der Waals surface area contributed by atoms with Crippen LogP contribution in [0.5, 0.6) is 0 Å². The van der Waals surface area contributed by atoms with Crippen LogP contribution in [-0.2, 0) is 20.8 Å². The zero-order valence-corrected chi connectivity index (χ0v) is 25.7. The lowest BCUT2D eigenvalue weighted by Gasteiger charge is -2.35. The zero-order chi connectivity index (χ0) is 28.6. The van der Waals surface area contributed by atoms with Crippen LogP contribution in [0.3, 0.4) is 0 Å². The summed E-state index contributed by atoms with van der Waals surface area (Å²) < 4.78 is 11.1. The van der Waals surface area contributed by atoms with Gasteiger partial charge in [-0.15, -0.1) is 0 Å². The van der Waals surface area contributed by atoms with E-state index in [1.807, 2.05) is 0 Å². The van der Waals surface area contributed by atoms with E-state index in [-0.39, 0.29) is 25.1 Å². The van der Waals surface area contributed by atoms with E-state index in [9.17, 15) is 9.59 Å². The van der Waals surface area contributed by atoms with Gasteiger partial charge in [-0.1, -0.05) is 128 Å². The van der Waals surface area contributed by atoms with Gasteiger partial charge in [0.25, 0.3) is 0 Å². The molecule has 0 bridgehead atoms. The number of carbonyl (C=O) groups excluding carboxylic acids is 2. The summed E-state index contributed by atoms with van der Waals surface area (Å²) in [5.74, 6) is -0.463. The van der Waals surface area contributed by atoms with Gasteiger partial charge in [0, 0.05) is 5.56 Å². The second kappa shape index (κ2) is 22.7. The molecule has 0 aromatic heterocycles. The lowest BCUT2D eigenvalue weighted by atomic mass is 10.0. The number of hydrogen-bond acceptors (Lipinski definition) is 4. The first-order chi connectivity index (χ1) is 18.9. The average molecular weight is 548 g/mol. The number of alkyl carbamates (subject to hydrolysis) is 1. The molecule has 6 nitrogen and oxygen atoms in total. The van der Waals surface area contributed by atoms with Gasteiger partial charge in [0.15, 0.2) is 0 Å². The minimum atomic E-state index is -0.460. The number of quaternary nitrogens is 1. The fraction of sp³-hybridized carbons (Fsp3) is 0.758. The lowest BCUT2D eigenvalue weighted by Crippen LogP contribution is -2.48. The van der Waals surface area contributed by atoms with Crippen molar-refractivity contribution in [2.75, 3.05) is 39.9 Å². The molecule has 1 N–H and O–H groups in total. The molecule has 1 aromatic rings. The number of rotatable bonds is 24. The van der Waals surface area contributed by atoms with Crippen molar-refractivity contribution in [3.05, 3.63) is 35.9 Å². The number of nitrogens with zero attached hydrogens (tertiary/aromatic N) is 1. The van der Waals surface area contributed by atoms with E-state index in [0.29, 0.717) is 6.54 Å². The van der Waals surface area contributed by atoms with E-state index in [0.717, 1.165) is 24.1 Å².